The van der Waals surface area contributed by atoms with Gasteiger partial charge < -0.3 is 0 Å². The average molecular weight is 384 g/mol. The zero-order valence-corrected chi connectivity index (χ0v) is 14.1. The summed E-state index contributed by atoms with van der Waals surface area (Å²) in [6.07, 6.45) is 0. The summed E-state index contributed by atoms with van der Waals surface area (Å²) in [6.45, 7) is -3.60. The van der Waals surface area contributed by atoms with Gasteiger partial charge in [0.05, 0.1) is 0 Å². The van der Waals surface area contributed by atoms with Crippen molar-refractivity contribution in [3.63, 3.8) is 0 Å². The van der Waals surface area contributed by atoms with Crippen LogP contribution in [-0.2, 0) is 9.74 Å². The Morgan fingerprint density at radius 1 is 0.583 bits per heavy atom. The summed E-state index contributed by atoms with van der Waals surface area (Å²) in [4.78, 5) is 0. The quantitative estimate of drug-likeness (QED) is 0.424. The van der Waals surface area contributed by atoms with Crippen molar-refractivity contribution < 1.29 is 13.0 Å². The number of hydrogen-bond donors (Lipinski definition) is 1. The normalized spacial score (nSPS) is 12.2. The summed E-state index contributed by atoms with van der Waals surface area (Å²) in [5, 5.41) is 1.92. The van der Waals surface area contributed by atoms with Crippen LogP contribution in [-0.4, -0.2) is 64.4 Å². The van der Waals surface area contributed by atoms with Crippen LogP contribution in [0.15, 0.2) is 91.0 Å². The van der Waals surface area contributed by atoms with Crippen molar-refractivity contribution in [1.29, 1.82) is 0 Å². The molecule has 0 unspecified atom stereocenters. The molecule has 0 atom stereocenters. The van der Waals surface area contributed by atoms with E-state index in [2.05, 4.69) is 0 Å². The van der Waals surface area contributed by atoms with Gasteiger partial charge >= 0.3 is 187 Å². The van der Waals surface area contributed by atoms with Gasteiger partial charge in [0.2, 0.25) is 0 Å². The second-order valence-corrected chi connectivity index (χ2v) is 12.7. The third-order valence-corrected chi connectivity index (χ3v) is 12.6. The molecule has 0 saturated carbocycles. The zero-order chi connectivity index (χ0) is 16.3. The van der Waals surface area contributed by atoms with Crippen LogP contribution in [0.5, 0.6) is 0 Å². The number of benzene rings is 3. The molecular formula is C18H18KO3PS. The van der Waals surface area contributed by atoms with E-state index in [9.17, 15) is 13.0 Å². The Balaban J connectivity index is 0.00000208. The van der Waals surface area contributed by atoms with Gasteiger partial charge in [0.1, 0.15) is 0 Å². The molecule has 0 fully saturated rings. The molecule has 0 bridgehead atoms. The first-order chi connectivity index (χ1) is 11.1. The van der Waals surface area contributed by atoms with Crippen molar-refractivity contribution in [2.45, 2.75) is 0 Å². The fraction of sp³-hybridized carbons (Fsp3) is 0. The summed E-state index contributed by atoms with van der Waals surface area (Å²) >= 11 is 0. The first-order valence-corrected chi connectivity index (χ1v) is 11.4. The minimum atomic E-state index is -4.35. The van der Waals surface area contributed by atoms with E-state index in [-0.39, 0.29) is 51.4 Å². The van der Waals surface area contributed by atoms with E-state index in [4.69, 9.17) is 0 Å². The maximum absolute atomic E-state index is 12.7. The standard InChI is InChI=1S/C18H17O3PS.K.H/c19-23(20,21)22(16-10-4-1-5-11-16,17-12-6-2-7-13-17)18-14-8-3-9-15-18;;/h1-15,22H,(H,19,20,21);;. The fourth-order valence-electron chi connectivity index (χ4n) is 2.97. The van der Waals surface area contributed by atoms with Gasteiger partial charge in [-0.3, -0.25) is 0 Å². The molecule has 0 aliphatic carbocycles. The monoisotopic (exact) mass is 384 g/mol. The predicted octanol–water partition coefficient (Wildman–Crippen LogP) is 1.87. The van der Waals surface area contributed by atoms with Crippen LogP contribution >= 0.6 is 6.46 Å². The molecule has 3 nitrogen and oxygen atoms in total. The Bertz CT molecular complexity index is 789. The van der Waals surface area contributed by atoms with Gasteiger partial charge in [0, 0.05) is 0 Å². The predicted molar refractivity (Wildman–Crippen MR) is 105 cm³/mol. The van der Waals surface area contributed by atoms with Gasteiger partial charge in [-0.2, -0.15) is 0 Å². The van der Waals surface area contributed by atoms with Crippen LogP contribution < -0.4 is 15.9 Å². The number of rotatable bonds is 4. The summed E-state index contributed by atoms with van der Waals surface area (Å²) in [5.41, 5.74) is 0. The molecule has 0 aliphatic rings. The molecule has 3 rings (SSSR count). The Labute approximate surface area is 185 Å². The van der Waals surface area contributed by atoms with Gasteiger partial charge in [0.25, 0.3) is 0 Å². The van der Waals surface area contributed by atoms with Crippen LogP contribution in [0.2, 0.25) is 0 Å². The molecule has 0 saturated heterocycles. The molecule has 0 aromatic heterocycles. The van der Waals surface area contributed by atoms with Crippen LogP contribution in [0.3, 0.4) is 0 Å². The van der Waals surface area contributed by atoms with Gasteiger partial charge in [-0.1, -0.05) is 0 Å². The molecule has 0 spiro atoms. The summed E-state index contributed by atoms with van der Waals surface area (Å²) in [7, 11) is -4.35. The molecule has 3 aromatic carbocycles. The molecule has 6 heteroatoms. The van der Waals surface area contributed by atoms with E-state index >= 15 is 0 Å². The maximum atomic E-state index is 12.7. The summed E-state index contributed by atoms with van der Waals surface area (Å²) < 4.78 is 35.7. The minimum absolute atomic E-state index is 0. The van der Waals surface area contributed by atoms with Gasteiger partial charge in [-0.25, -0.2) is 0 Å². The second kappa shape index (κ2) is 8.34. The van der Waals surface area contributed by atoms with Crippen LogP contribution in [0.25, 0.3) is 0 Å². The molecule has 24 heavy (non-hydrogen) atoms. The van der Waals surface area contributed by atoms with Crippen LogP contribution in [0.4, 0.5) is 0 Å². The van der Waals surface area contributed by atoms with E-state index in [0.717, 1.165) is 0 Å². The third kappa shape index (κ3) is 3.59. The molecule has 0 aliphatic heterocycles. The van der Waals surface area contributed by atoms with Crippen molar-refractivity contribution in [2.24, 2.45) is 0 Å². The molecule has 3 aromatic rings. The van der Waals surface area contributed by atoms with Crippen LogP contribution in [0.1, 0.15) is 0 Å². The molecular weight excluding hydrogens is 366 g/mol. The third-order valence-electron chi connectivity index (χ3n) is 3.93. The van der Waals surface area contributed by atoms with E-state index < -0.39 is 16.2 Å². The van der Waals surface area contributed by atoms with E-state index in [1.54, 1.807) is 72.8 Å². The first kappa shape index (κ1) is 20.0. The number of hydrogen-bond acceptors (Lipinski definition) is 2. The van der Waals surface area contributed by atoms with E-state index in [1.807, 2.05) is 18.2 Å². The fourth-order valence-corrected chi connectivity index (χ4v) is 10.8. The Morgan fingerprint density at radius 3 is 1.04 bits per heavy atom. The van der Waals surface area contributed by atoms with Crippen molar-refractivity contribution in [3.8, 4) is 0 Å². The second-order valence-electron chi connectivity index (χ2n) is 5.25. The Hall–Kier alpha value is -0.364. The van der Waals surface area contributed by atoms with Gasteiger partial charge in [-0.05, 0) is 0 Å². The Morgan fingerprint density at radius 2 is 0.833 bits per heavy atom. The first-order valence-electron chi connectivity index (χ1n) is 7.20. The molecule has 0 heterocycles. The average Bonchev–Trinajstić information content (AvgIpc) is 2.57. The van der Waals surface area contributed by atoms with Crippen LogP contribution in [0, 0.1) is 0 Å². The van der Waals surface area contributed by atoms with Gasteiger partial charge in [-0.15, -0.1) is 0 Å². The van der Waals surface area contributed by atoms with E-state index in [0.29, 0.717) is 15.9 Å². The topological polar surface area (TPSA) is 54.4 Å². The summed E-state index contributed by atoms with van der Waals surface area (Å²) in [5.74, 6) is 0. The molecule has 0 radical (unpaired) electrons. The Kier molecular flexibility index (Phi) is 6.94. The molecule has 1 N–H and O–H groups in total. The zero-order valence-electron chi connectivity index (χ0n) is 12.3. The van der Waals surface area contributed by atoms with E-state index in [1.165, 1.54) is 0 Å². The van der Waals surface area contributed by atoms with Gasteiger partial charge in [0.15, 0.2) is 0 Å². The summed E-state index contributed by atoms with van der Waals surface area (Å²) in [6, 6.07) is 27.0. The molecule has 120 valence electrons. The van der Waals surface area contributed by atoms with Crippen molar-refractivity contribution in [2.75, 3.05) is 0 Å². The van der Waals surface area contributed by atoms with Crippen molar-refractivity contribution >= 4 is 83.5 Å². The van der Waals surface area contributed by atoms with Crippen molar-refractivity contribution in [1.82, 2.24) is 0 Å². The van der Waals surface area contributed by atoms with Crippen molar-refractivity contribution in [3.05, 3.63) is 91.0 Å². The molecule has 0 amide bonds. The SMILES string of the molecule is O=S(=O)(O)[PH](c1ccccc1)(c1ccccc1)c1ccccc1.[KH].